The van der Waals surface area contributed by atoms with Gasteiger partial charge in [0, 0.05) is 6.42 Å². The quantitative estimate of drug-likeness (QED) is 0.449. The van der Waals surface area contributed by atoms with Gasteiger partial charge >= 0.3 is 0 Å². The van der Waals surface area contributed by atoms with Crippen LogP contribution in [0.1, 0.15) is 39.0 Å². The molecule has 0 fully saturated rings. The maximum atomic E-state index is 10.2. The molecular weight excluding hydrogens is 136 g/mol. The van der Waals surface area contributed by atoms with E-state index < -0.39 is 0 Å². The smallest absolute Gasteiger partial charge is 0.120 e. The maximum Gasteiger partial charge on any atom is 0.120 e. The van der Waals surface area contributed by atoms with Crippen molar-refractivity contribution in [2.45, 2.75) is 39.0 Å². The third-order valence-electron chi connectivity index (χ3n) is 2.40. The van der Waals surface area contributed by atoms with Crippen molar-refractivity contribution >= 4 is 6.29 Å². The van der Waals surface area contributed by atoms with Crippen LogP contribution in [0.25, 0.3) is 0 Å². The fraction of sp³-hybridized carbons (Fsp3) is 0.700. The molecule has 0 aliphatic heterocycles. The molecule has 0 bridgehead atoms. The first-order chi connectivity index (χ1) is 5.36. The second kappa shape index (κ2) is 4.32. The Balaban J connectivity index is 2.47. The van der Waals surface area contributed by atoms with E-state index in [4.69, 9.17) is 0 Å². The summed E-state index contributed by atoms with van der Waals surface area (Å²) >= 11 is 0. The SMILES string of the molecule is CCC1=CC(CC=O)CCC1. The summed E-state index contributed by atoms with van der Waals surface area (Å²) in [6.45, 7) is 2.19. The van der Waals surface area contributed by atoms with E-state index in [1.54, 1.807) is 5.57 Å². The van der Waals surface area contributed by atoms with Gasteiger partial charge in [0.25, 0.3) is 0 Å². The van der Waals surface area contributed by atoms with Crippen LogP contribution in [-0.2, 0) is 4.79 Å². The molecule has 0 aromatic carbocycles. The molecule has 0 aromatic rings. The van der Waals surface area contributed by atoms with Gasteiger partial charge in [0.05, 0.1) is 0 Å². The van der Waals surface area contributed by atoms with Crippen LogP contribution in [0.4, 0.5) is 0 Å². The summed E-state index contributed by atoms with van der Waals surface area (Å²) in [5.74, 6) is 0.552. The third kappa shape index (κ3) is 2.49. The van der Waals surface area contributed by atoms with Gasteiger partial charge in [-0.15, -0.1) is 0 Å². The van der Waals surface area contributed by atoms with Crippen molar-refractivity contribution in [3.05, 3.63) is 11.6 Å². The van der Waals surface area contributed by atoms with Crippen molar-refractivity contribution in [2.75, 3.05) is 0 Å². The summed E-state index contributed by atoms with van der Waals surface area (Å²) in [6.07, 6.45) is 8.98. The molecule has 1 atom stereocenters. The molecule has 1 rings (SSSR count). The Hall–Kier alpha value is -0.590. The van der Waals surface area contributed by atoms with Crippen molar-refractivity contribution in [2.24, 2.45) is 5.92 Å². The molecule has 1 nitrogen and oxygen atoms in total. The molecule has 0 N–H and O–H groups in total. The number of aldehydes is 1. The Morgan fingerprint density at radius 3 is 3.18 bits per heavy atom. The van der Waals surface area contributed by atoms with E-state index in [0.29, 0.717) is 5.92 Å². The predicted octanol–water partition coefficient (Wildman–Crippen LogP) is 2.71. The molecule has 0 spiro atoms. The van der Waals surface area contributed by atoms with Gasteiger partial charge in [-0.3, -0.25) is 0 Å². The van der Waals surface area contributed by atoms with E-state index in [9.17, 15) is 4.79 Å². The Morgan fingerprint density at radius 2 is 2.55 bits per heavy atom. The van der Waals surface area contributed by atoms with Gasteiger partial charge in [-0.25, -0.2) is 0 Å². The number of hydrogen-bond acceptors (Lipinski definition) is 1. The number of allylic oxidation sites excluding steroid dienone is 2. The first-order valence-corrected chi connectivity index (χ1v) is 4.50. The van der Waals surface area contributed by atoms with Crippen LogP contribution < -0.4 is 0 Å². The van der Waals surface area contributed by atoms with E-state index >= 15 is 0 Å². The van der Waals surface area contributed by atoms with E-state index in [1.807, 2.05) is 0 Å². The third-order valence-corrected chi connectivity index (χ3v) is 2.40. The molecule has 0 aromatic heterocycles. The molecule has 0 amide bonds. The number of carbonyl (C=O) groups excluding carboxylic acids is 1. The van der Waals surface area contributed by atoms with Crippen LogP contribution in [0.15, 0.2) is 11.6 Å². The van der Waals surface area contributed by atoms with E-state index in [2.05, 4.69) is 13.0 Å². The Morgan fingerprint density at radius 1 is 1.73 bits per heavy atom. The van der Waals surface area contributed by atoms with Gasteiger partial charge in [0.2, 0.25) is 0 Å². The fourth-order valence-electron chi connectivity index (χ4n) is 1.70. The molecule has 1 aliphatic carbocycles. The van der Waals surface area contributed by atoms with Gasteiger partial charge in [0.15, 0.2) is 0 Å². The Kier molecular flexibility index (Phi) is 3.34. The van der Waals surface area contributed by atoms with Crippen molar-refractivity contribution in [1.82, 2.24) is 0 Å². The van der Waals surface area contributed by atoms with Crippen molar-refractivity contribution in [3.8, 4) is 0 Å². The molecule has 11 heavy (non-hydrogen) atoms. The molecule has 62 valence electrons. The second-order valence-corrected chi connectivity index (χ2v) is 3.23. The largest absolute Gasteiger partial charge is 0.303 e. The van der Waals surface area contributed by atoms with Gasteiger partial charge in [-0.1, -0.05) is 18.6 Å². The van der Waals surface area contributed by atoms with Gasteiger partial charge in [-0.2, -0.15) is 0 Å². The molecule has 1 unspecified atom stereocenters. The lowest BCUT2D eigenvalue weighted by Gasteiger charge is -2.18. The Labute approximate surface area is 68.5 Å². The van der Waals surface area contributed by atoms with Crippen LogP contribution in [0.5, 0.6) is 0 Å². The molecular formula is C10H16O. The normalized spacial score (nSPS) is 24.5. The molecule has 1 heteroatoms. The van der Waals surface area contributed by atoms with Gasteiger partial charge < -0.3 is 4.79 Å². The zero-order chi connectivity index (χ0) is 8.10. The highest BCUT2D eigenvalue weighted by Gasteiger charge is 2.11. The lowest BCUT2D eigenvalue weighted by atomic mass is 9.88. The second-order valence-electron chi connectivity index (χ2n) is 3.23. The topological polar surface area (TPSA) is 17.1 Å². The average molecular weight is 152 g/mol. The van der Waals surface area contributed by atoms with E-state index in [0.717, 1.165) is 19.1 Å². The summed E-state index contributed by atoms with van der Waals surface area (Å²) < 4.78 is 0. The highest BCUT2D eigenvalue weighted by molar-refractivity contribution is 5.50. The minimum atomic E-state index is 0.552. The molecule has 0 heterocycles. The number of carbonyl (C=O) groups is 1. The first kappa shape index (κ1) is 8.51. The van der Waals surface area contributed by atoms with Crippen LogP contribution in [0, 0.1) is 5.92 Å². The fourth-order valence-corrected chi connectivity index (χ4v) is 1.70. The first-order valence-electron chi connectivity index (χ1n) is 4.50. The summed E-state index contributed by atoms with van der Waals surface area (Å²) in [5.41, 5.74) is 1.54. The van der Waals surface area contributed by atoms with Crippen LogP contribution >= 0.6 is 0 Å². The number of rotatable bonds is 3. The minimum Gasteiger partial charge on any atom is -0.303 e. The van der Waals surface area contributed by atoms with Crippen molar-refractivity contribution in [1.29, 1.82) is 0 Å². The van der Waals surface area contributed by atoms with Gasteiger partial charge in [0.1, 0.15) is 6.29 Å². The molecule has 0 saturated carbocycles. The van der Waals surface area contributed by atoms with Crippen LogP contribution in [-0.4, -0.2) is 6.29 Å². The monoisotopic (exact) mass is 152 g/mol. The average Bonchev–Trinajstić information content (AvgIpc) is 2.06. The summed E-state index contributed by atoms with van der Waals surface area (Å²) in [7, 11) is 0. The minimum absolute atomic E-state index is 0.552. The Bertz CT molecular complexity index is 158. The zero-order valence-corrected chi connectivity index (χ0v) is 7.18. The van der Waals surface area contributed by atoms with Crippen LogP contribution in [0.2, 0.25) is 0 Å². The number of hydrogen-bond donors (Lipinski definition) is 0. The maximum absolute atomic E-state index is 10.2. The van der Waals surface area contributed by atoms with Crippen molar-refractivity contribution in [3.63, 3.8) is 0 Å². The molecule has 0 saturated heterocycles. The zero-order valence-electron chi connectivity index (χ0n) is 7.18. The van der Waals surface area contributed by atoms with Crippen LogP contribution in [0.3, 0.4) is 0 Å². The van der Waals surface area contributed by atoms with Gasteiger partial charge in [-0.05, 0) is 31.6 Å². The highest BCUT2D eigenvalue weighted by Crippen LogP contribution is 2.25. The lowest BCUT2D eigenvalue weighted by molar-refractivity contribution is -0.108. The summed E-state index contributed by atoms with van der Waals surface area (Å²) in [5, 5.41) is 0. The highest BCUT2D eigenvalue weighted by atomic mass is 16.1. The summed E-state index contributed by atoms with van der Waals surface area (Å²) in [4.78, 5) is 10.2. The lowest BCUT2D eigenvalue weighted by Crippen LogP contribution is -2.04. The van der Waals surface area contributed by atoms with E-state index in [-0.39, 0.29) is 0 Å². The summed E-state index contributed by atoms with van der Waals surface area (Å²) in [6, 6.07) is 0. The van der Waals surface area contributed by atoms with Crippen molar-refractivity contribution < 1.29 is 4.79 Å². The molecule has 0 radical (unpaired) electrons. The predicted molar refractivity (Wildman–Crippen MR) is 46.4 cm³/mol. The van der Waals surface area contributed by atoms with E-state index in [1.165, 1.54) is 19.3 Å². The molecule has 1 aliphatic rings. The standard InChI is InChI=1S/C10H16O/c1-2-9-4-3-5-10(8-9)6-7-11/h7-8,10H,2-6H2,1H3.